The summed E-state index contributed by atoms with van der Waals surface area (Å²) in [5.74, 6) is -1.06. The third-order valence-corrected chi connectivity index (χ3v) is 2.94. The number of hydrogen-bond acceptors (Lipinski definition) is 5. The molecule has 0 bridgehead atoms. The first-order chi connectivity index (χ1) is 8.68. The van der Waals surface area contributed by atoms with Crippen molar-refractivity contribution in [3.8, 4) is 0 Å². The molecule has 6 nitrogen and oxygen atoms in total. The maximum Gasteiger partial charge on any atom is 0.322 e. The molecule has 0 amide bonds. The number of ketones is 1. The fourth-order valence-electron chi connectivity index (χ4n) is 1.97. The number of carbonyl (C=O) groups excluding carboxylic acids is 1. The van der Waals surface area contributed by atoms with Crippen LogP contribution in [0.1, 0.15) is 10.5 Å². The normalized spacial score (nSPS) is 19.5. The fourth-order valence-corrected chi connectivity index (χ4v) is 1.97. The van der Waals surface area contributed by atoms with Crippen molar-refractivity contribution in [2.24, 2.45) is 0 Å². The van der Waals surface area contributed by atoms with E-state index >= 15 is 0 Å². The number of nitrogens with zero attached hydrogens (tertiary/aromatic N) is 2. The lowest BCUT2D eigenvalue weighted by molar-refractivity contribution is -0.143. The first-order valence-electron chi connectivity index (χ1n) is 5.80. The third-order valence-electron chi connectivity index (χ3n) is 2.94. The molecule has 2 N–H and O–H groups in total. The zero-order valence-electron chi connectivity index (χ0n) is 10.3. The lowest BCUT2D eigenvalue weighted by Gasteiger charge is -2.32. The van der Waals surface area contributed by atoms with Crippen LogP contribution in [-0.4, -0.2) is 59.0 Å². The van der Waals surface area contributed by atoms with Gasteiger partial charge in [-0.3, -0.25) is 19.5 Å². The summed E-state index contributed by atoms with van der Waals surface area (Å²) in [6.07, 6.45) is 1.56. The predicted octanol–water partition coefficient (Wildman–Crippen LogP) is 0.0445. The summed E-state index contributed by atoms with van der Waals surface area (Å²) >= 11 is 0. The Balaban J connectivity index is 0.00000180. The van der Waals surface area contributed by atoms with Gasteiger partial charge < -0.3 is 10.4 Å². The smallest absolute Gasteiger partial charge is 0.322 e. The molecule has 1 aromatic heterocycles. The molecule has 1 aliphatic rings. The van der Waals surface area contributed by atoms with E-state index < -0.39 is 12.0 Å². The van der Waals surface area contributed by atoms with Crippen LogP contribution in [0.3, 0.4) is 0 Å². The average Bonchev–Trinajstić information content (AvgIpc) is 2.40. The van der Waals surface area contributed by atoms with Crippen molar-refractivity contribution in [3.63, 3.8) is 0 Å². The van der Waals surface area contributed by atoms with Crippen molar-refractivity contribution in [1.29, 1.82) is 0 Å². The minimum absolute atomic E-state index is 0. The zero-order valence-corrected chi connectivity index (χ0v) is 11.1. The largest absolute Gasteiger partial charge is 0.480 e. The highest BCUT2D eigenvalue weighted by atomic mass is 35.5. The van der Waals surface area contributed by atoms with E-state index in [0.29, 0.717) is 25.3 Å². The lowest BCUT2D eigenvalue weighted by atomic mass is 10.1. The SMILES string of the molecule is Cl.O=C(CN1CCNCC1C(=O)O)c1ccccn1. The number of Topliss-reactive ketones (excluding diaryl/α,β-unsaturated/α-hetero) is 1. The Morgan fingerprint density at radius 2 is 2.26 bits per heavy atom. The van der Waals surface area contributed by atoms with Crippen LogP contribution in [0, 0.1) is 0 Å². The fraction of sp³-hybridized carbons (Fsp3) is 0.417. The molecule has 1 aliphatic heterocycles. The minimum Gasteiger partial charge on any atom is -0.480 e. The molecule has 0 aromatic carbocycles. The Bertz CT molecular complexity index is 441. The number of halogens is 1. The molecule has 2 heterocycles. The van der Waals surface area contributed by atoms with Crippen LogP contribution >= 0.6 is 12.4 Å². The quantitative estimate of drug-likeness (QED) is 0.761. The van der Waals surface area contributed by atoms with Gasteiger partial charge in [-0.2, -0.15) is 0 Å². The van der Waals surface area contributed by atoms with E-state index in [1.807, 2.05) is 0 Å². The summed E-state index contributed by atoms with van der Waals surface area (Å²) in [5.41, 5.74) is 0.375. The van der Waals surface area contributed by atoms with Crippen LogP contribution in [0.25, 0.3) is 0 Å². The van der Waals surface area contributed by atoms with Gasteiger partial charge in [-0.25, -0.2) is 0 Å². The molecule has 1 saturated heterocycles. The molecule has 104 valence electrons. The molecule has 0 saturated carbocycles. The lowest BCUT2D eigenvalue weighted by Crippen LogP contribution is -2.56. The van der Waals surface area contributed by atoms with Gasteiger partial charge in [0, 0.05) is 25.8 Å². The summed E-state index contributed by atoms with van der Waals surface area (Å²) in [7, 11) is 0. The van der Waals surface area contributed by atoms with E-state index in [0.717, 1.165) is 0 Å². The molecule has 0 radical (unpaired) electrons. The highest BCUT2D eigenvalue weighted by Crippen LogP contribution is 2.06. The van der Waals surface area contributed by atoms with Crippen LogP contribution in [0.2, 0.25) is 0 Å². The standard InChI is InChI=1S/C12H15N3O3.ClH/c16-11(9-3-1-2-4-14-9)8-15-6-5-13-7-10(15)12(17)18;/h1-4,10,13H,5-8H2,(H,17,18);1H. The monoisotopic (exact) mass is 285 g/mol. The van der Waals surface area contributed by atoms with Crippen molar-refractivity contribution in [2.45, 2.75) is 6.04 Å². The highest BCUT2D eigenvalue weighted by molar-refractivity contribution is 5.96. The van der Waals surface area contributed by atoms with E-state index in [1.165, 1.54) is 0 Å². The second-order valence-corrected chi connectivity index (χ2v) is 4.17. The van der Waals surface area contributed by atoms with Gasteiger partial charge in [0.25, 0.3) is 0 Å². The van der Waals surface area contributed by atoms with Crippen molar-refractivity contribution >= 4 is 24.2 Å². The molecule has 0 spiro atoms. The van der Waals surface area contributed by atoms with Gasteiger partial charge in [-0.15, -0.1) is 12.4 Å². The number of rotatable bonds is 4. The summed E-state index contributed by atoms with van der Waals surface area (Å²) in [6, 6.07) is 4.47. The molecule has 2 rings (SSSR count). The maximum atomic E-state index is 12.0. The minimum atomic E-state index is -0.906. The first-order valence-corrected chi connectivity index (χ1v) is 5.80. The van der Waals surface area contributed by atoms with Crippen molar-refractivity contribution in [1.82, 2.24) is 15.2 Å². The van der Waals surface area contributed by atoms with Gasteiger partial charge in [0.05, 0.1) is 6.54 Å². The predicted molar refractivity (Wildman–Crippen MR) is 71.7 cm³/mol. The summed E-state index contributed by atoms with van der Waals surface area (Å²) < 4.78 is 0. The average molecular weight is 286 g/mol. The van der Waals surface area contributed by atoms with Gasteiger partial charge in [0.2, 0.25) is 0 Å². The van der Waals surface area contributed by atoms with Gasteiger partial charge in [-0.05, 0) is 12.1 Å². The Hall–Kier alpha value is -1.50. The Kier molecular flexibility index (Phi) is 5.88. The molecule has 0 aliphatic carbocycles. The van der Waals surface area contributed by atoms with Gasteiger partial charge >= 0.3 is 5.97 Å². The number of piperazine rings is 1. The van der Waals surface area contributed by atoms with E-state index in [-0.39, 0.29) is 24.7 Å². The second kappa shape index (κ2) is 7.18. The maximum absolute atomic E-state index is 12.0. The van der Waals surface area contributed by atoms with Crippen molar-refractivity contribution < 1.29 is 14.7 Å². The number of hydrogen-bond donors (Lipinski definition) is 2. The number of pyridine rings is 1. The summed E-state index contributed by atoms with van der Waals surface area (Å²) in [4.78, 5) is 28.7. The van der Waals surface area contributed by atoms with Crippen LogP contribution in [0.4, 0.5) is 0 Å². The summed E-state index contributed by atoms with van der Waals surface area (Å²) in [6.45, 7) is 1.70. The van der Waals surface area contributed by atoms with Crippen LogP contribution in [-0.2, 0) is 4.79 Å². The van der Waals surface area contributed by atoms with Crippen molar-refractivity contribution in [3.05, 3.63) is 30.1 Å². The Labute approximate surface area is 117 Å². The van der Waals surface area contributed by atoms with Gasteiger partial charge in [0.15, 0.2) is 5.78 Å². The van der Waals surface area contributed by atoms with Crippen LogP contribution in [0.5, 0.6) is 0 Å². The number of aliphatic carboxylic acids is 1. The molecule has 1 aromatic rings. The first kappa shape index (κ1) is 15.6. The zero-order chi connectivity index (χ0) is 13.0. The van der Waals surface area contributed by atoms with Crippen LogP contribution in [0.15, 0.2) is 24.4 Å². The Morgan fingerprint density at radius 1 is 1.47 bits per heavy atom. The molecular formula is C12H16ClN3O3. The number of carboxylic acid groups (broad SMARTS) is 1. The number of nitrogens with one attached hydrogen (secondary N) is 1. The molecular weight excluding hydrogens is 270 g/mol. The molecule has 19 heavy (non-hydrogen) atoms. The number of aromatic nitrogens is 1. The van der Waals surface area contributed by atoms with Gasteiger partial charge in [0.1, 0.15) is 11.7 Å². The van der Waals surface area contributed by atoms with Crippen molar-refractivity contribution in [2.75, 3.05) is 26.2 Å². The Morgan fingerprint density at radius 3 is 2.89 bits per heavy atom. The highest BCUT2D eigenvalue weighted by Gasteiger charge is 2.29. The van der Waals surface area contributed by atoms with E-state index in [4.69, 9.17) is 5.11 Å². The molecule has 1 atom stereocenters. The number of carboxylic acids is 1. The molecule has 7 heteroatoms. The topological polar surface area (TPSA) is 82.5 Å². The summed E-state index contributed by atoms with van der Waals surface area (Å²) in [5, 5.41) is 12.1. The van der Waals surface area contributed by atoms with E-state index in [1.54, 1.807) is 29.3 Å². The second-order valence-electron chi connectivity index (χ2n) is 4.17. The van der Waals surface area contributed by atoms with Crippen LogP contribution < -0.4 is 5.32 Å². The molecule has 1 unspecified atom stereocenters. The van der Waals surface area contributed by atoms with E-state index in [9.17, 15) is 9.59 Å². The number of carbonyl (C=O) groups is 2. The van der Waals surface area contributed by atoms with Gasteiger partial charge in [-0.1, -0.05) is 6.07 Å². The molecule has 1 fully saturated rings. The third kappa shape index (κ3) is 3.99. The van der Waals surface area contributed by atoms with E-state index in [2.05, 4.69) is 10.3 Å².